The largest absolute Gasteiger partial charge is 0.349 e. The van der Waals surface area contributed by atoms with E-state index in [0.717, 1.165) is 23.7 Å². The highest BCUT2D eigenvalue weighted by atomic mass is 16.2. The van der Waals surface area contributed by atoms with Gasteiger partial charge in [0.25, 0.3) is 11.8 Å². The topological polar surface area (TPSA) is 62.6 Å². The average Bonchev–Trinajstić information content (AvgIpc) is 2.30. The molecule has 0 saturated heterocycles. The van der Waals surface area contributed by atoms with E-state index in [9.17, 15) is 9.59 Å². The number of rotatable bonds is 6. The molecule has 1 atom stereocenters. The highest BCUT2D eigenvalue weighted by molar-refractivity contribution is 5.79. The number of likely N-dealkylation sites (N-methyl/N-ethyl adjacent to an activating group) is 1. The van der Waals surface area contributed by atoms with E-state index in [1.54, 1.807) is 0 Å². The molecule has 0 heterocycles. The SMILES string of the molecule is CC1CCC(NC(=O)C[NH+](C)CC(=O)NC(C)C)CC1. The summed E-state index contributed by atoms with van der Waals surface area (Å²) in [6.45, 7) is 6.84. The molecule has 2 amide bonds. The zero-order valence-corrected chi connectivity index (χ0v) is 13.3. The van der Waals surface area contributed by atoms with Crippen molar-refractivity contribution in [2.24, 2.45) is 5.92 Å². The van der Waals surface area contributed by atoms with E-state index in [1.165, 1.54) is 12.8 Å². The molecule has 0 aliphatic heterocycles. The summed E-state index contributed by atoms with van der Waals surface area (Å²) in [5.74, 6) is 0.840. The number of amides is 2. The summed E-state index contributed by atoms with van der Waals surface area (Å²) in [4.78, 5) is 24.5. The molecule has 116 valence electrons. The van der Waals surface area contributed by atoms with Crippen molar-refractivity contribution in [3.8, 4) is 0 Å². The van der Waals surface area contributed by atoms with Crippen LogP contribution >= 0.6 is 0 Å². The predicted octanol–water partition coefficient (Wildman–Crippen LogP) is -0.279. The van der Waals surface area contributed by atoms with Crippen molar-refractivity contribution in [2.45, 2.75) is 58.5 Å². The fourth-order valence-electron chi connectivity index (χ4n) is 2.67. The fourth-order valence-corrected chi connectivity index (χ4v) is 2.67. The van der Waals surface area contributed by atoms with Crippen LogP contribution in [0.25, 0.3) is 0 Å². The van der Waals surface area contributed by atoms with E-state index >= 15 is 0 Å². The summed E-state index contributed by atoms with van der Waals surface area (Å²) in [5, 5.41) is 5.93. The Balaban J connectivity index is 2.22. The van der Waals surface area contributed by atoms with Crippen molar-refractivity contribution < 1.29 is 14.5 Å². The van der Waals surface area contributed by atoms with Gasteiger partial charge >= 0.3 is 0 Å². The van der Waals surface area contributed by atoms with Crippen molar-refractivity contribution >= 4 is 11.8 Å². The molecule has 1 rings (SSSR count). The van der Waals surface area contributed by atoms with Gasteiger partial charge in [-0.15, -0.1) is 0 Å². The van der Waals surface area contributed by atoms with Crippen molar-refractivity contribution in [3.05, 3.63) is 0 Å². The maximum absolute atomic E-state index is 11.9. The third-order valence-electron chi connectivity index (χ3n) is 3.76. The Hall–Kier alpha value is -1.10. The molecule has 1 saturated carbocycles. The summed E-state index contributed by atoms with van der Waals surface area (Å²) in [7, 11) is 1.88. The summed E-state index contributed by atoms with van der Waals surface area (Å²) < 4.78 is 0. The van der Waals surface area contributed by atoms with Crippen LogP contribution < -0.4 is 15.5 Å². The molecule has 0 aromatic heterocycles. The Morgan fingerprint density at radius 1 is 1.10 bits per heavy atom. The van der Waals surface area contributed by atoms with E-state index in [0.29, 0.717) is 19.1 Å². The van der Waals surface area contributed by atoms with E-state index in [-0.39, 0.29) is 17.9 Å². The summed E-state index contributed by atoms with van der Waals surface area (Å²) >= 11 is 0. The number of carbonyl (C=O) groups excluding carboxylic acids is 2. The predicted molar refractivity (Wildman–Crippen MR) is 79.5 cm³/mol. The molecule has 1 aliphatic rings. The Labute approximate surface area is 122 Å². The van der Waals surface area contributed by atoms with Gasteiger partial charge in [0.1, 0.15) is 0 Å². The first kappa shape index (κ1) is 17.0. The Morgan fingerprint density at radius 2 is 1.65 bits per heavy atom. The Bertz CT molecular complexity index is 323. The van der Waals surface area contributed by atoms with Crippen LogP contribution in [-0.2, 0) is 9.59 Å². The van der Waals surface area contributed by atoms with Crippen LogP contribution in [0.3, 0.4) is 0 Å². The second-order valence-corrected chi connectivity index (χ2v) is 6.56. The van der Waals surface area contributed by atoms with Gasteiger partial charge in [0.05, 0.1) is 7.05 Å². The van der Waals surface area contributed by atoms with Gasteiger partial charge < -0.3 is 15.5 Å². The smallest absolute Gasteiger partial charge is 0.275 e. The molecule has 3 N–H and O–H groups in total. The minimum atomic E-state index is -0.00297. The van der Waals surface area contributed by atoms with Gasteiger partial charge in [0.2, 0.25) is 0 Å². The zero-order valence-electron chi connectivity index (χ0n) is 13.3. The molecule has 5 nitrogen and oxygen atoms in total. The fraction of sp³-hybridized carbons (Fsp3) is 0.867. The van der Waals surface area contributed by atoms with Crippen LogP contribution in [0.1, 0.15) is 46.5 Å². The molecule has 1 fully saturated rings. The molecule has 1 unspecified atom stereocenters. The molecular formula is C15H30N3O2+. The van der Waals surface area contributed by atoms with Crippen molar-refractivity contribution in [1.82, 2.24) is 10.6 Å². The van der Waals surface area contributed by atoms with Crippen LogP contribution in [0.2, 0.25) is 0 Å². The summed E-state index contributed by atoms with van der Waals surface area (Å²) in [5.41, 5.74) is 0. The highest BCUT2D eigenvalue weighted by Crippen LogP contribution is 2.23. The first-order chi connectivity index (χ1) is 9.36. The van der Waals surface area contributed by atoms with Gasteiger partial charge in [-0.1, -0.05) is 6.92 Å². The number of hydrogen-bond acceptors (Lipinski definition) is 2. The number of quaternary nitrogens is 1. The normalized spacial score (nSPS) is 24.2. The maximum Gasteiger partial charge on any atom is 0.275 e. The molecular weight excluding hydrogens is 254 g/mol. The second-order valence-electron chi connectivity index (χ2n) is 6.56. The van der Waals surface area contributed by atoms with Crippen LogP contribution in [0.4, 0.5) is 0 Å². The monoisotopic (exact) mass is 284 g/mol. The number of nitrogens with one attached hydrogen (secondary N) is 3. The van der Waals surface area contributed by atoms with E-state index < -0.39 is 0 Å². The van der Waals surface area contributed by atoms with Gasteiger partial charge in [-0.25, -0.2) is 0 Å². The highest BCUT2D eigenvalue weighted by Gasteiger charge is 2.21. The van der Waals surface area contributed by atoms with Gasteiger partial charge in [-0.05, 0) is 45.4 Å². The summed E-state index contributed by atoms with van der Waals surface area (Å²) in [6, 6.07) is 0.476. The summed E-state index contributed by atoms with van der Waals surface area (Å²) in [6.07, 6.45) is 4.56. The zero-order chi connectivity index (χ0) is 15.1. The number of hydrogen-bond donors (Lipinski definition) is 3. The lowest BCUT2D eigenvalue weighted by atomic mass is 9.87. The molecule has 0 aromatic carbocycles. The molecule has 0 bridgehead atoms. The maximum atomic E-state index is 11.9. The van der Waals surface area contributed by atoms with Crippen molar-refractivity contribution in [1.29, 1.82) is 0 Å². The van der Waals surface area contributed by atoms with Crippen LogP contribution in [0.15, 0.2) is 0 Å². The molecule has 5 heteroatoms. The van der Waals surface area contributed by atoms with Gasteiger partial charge in [0.15, 0.2) is 13.1 Å². The van der Waals surface area contributed by atoms with Gasteiger partial charge in [-0.2, -0.15) is 0 Å². The van der Waals surface area contributed by atoms with Crippen LogP contribution in [0, 0.1) is 5.92 Å². The average molecular weight is 284 g/mol. The van der Waals surface area contributed by atoms with E-state index in [1.807, 2.05) is 20.9 Å². The Morgan fingerprint density at radius 3 is 2.20 bits per heavy atom. The Kier molecular flexibility index (Phi) is 6.99. The van der Waals surface area contributed by atoms with Crippen molar-refractivity contribution in [2.75, 3.05) is 20.1 Å². The lowest BCUT2D eigenvalue weighted by Crippen LogP contribution is -3.11. The van der Waals surface area contributed by atoms with Crippen LogP contribution in [0.5, 0.6) is 0 Å². The molecule has 0 spiro atoms. The first-order valence-corrected chi connectivity index (χ1v) is 7.76. The third kappa shape index (κ3) is 6.89. The van der Waals surface area contributed by atoms with E-state index in [2.05, 4.69) is 17.6 Å². The quantitative estimate of drug-likeness (QED) is 0.628. The molecule has 1 aliphatic carbocycles. The van der Waals surface area contributed by atoms with E-state index in [4.69, 9.17) is 0 Å². The third-order valence-corrected chi connectivity index (χ3v) is 3.76. The first-order valence-electron chi connectivity index (χ1n) is 7.76. The second kappa shape index (κ2) is 8.25. The van der Waals surface area contributed by atoms with Crippen molar-refractivity contribution in [3.63, 3.8) is 0 Å². The minimum absolute atomic E-state index is 0.00297. The van der Waals surface area contributed by atoms with Crippen LogP contribution in [-0.4, -0.2) is 44.0 Å². The minimum Gasteiger partial charge on any atom is -0.349 e. The molecule has 0 aromatic rings. The molecule has 0 radical (unpaired) electrons. The lowest BCUT2D eigenvalue weighted by Gasteiger charge is -2.27. The standard InChI is InChI=1S/C15H29N3O2/c1-11(2)16-14(19)9-18(4)10-15(20)17-13-7-5-12(3)6-8-13/h11-13H,5-10H2,1-4H3,(H,16,19)(H,17,20)/p+1. The van der Waals surface area contributed by atoms with Gasteiger partial charge in [-0.3, -0.25) is 9.59 Å². The lowest BCUT2D eigenvalue weighted by molar-refractivity contribution is -0.862. The number of carbonyl (C=O) groups is 2. The molecule has 20 heavy (non-hydrogen) atoms. The van der Waals surface area contributed by atoms with Gasteiger partial charge in [0, 0.05) is 12.1 Å².